The van der Waals surface area contributed by atoms with E-state index >= 15 is 0 Å². The summed E-state index contributed by atoms with van der Waals surface area (Å²) in [7, 11) is 0. The number of likely N-dealkylation sites (N-methyl/N-ethyl adjacent to an activating group) is 1. The van der Waals surface area contributed by atoms with Crippen molar-refractivity contribution in [2.45, 2.75) is 20.8 Å². The second kappa shape index (κ2) is 6.86. The quantitative estimate of drug-likeness (QED) is 0.652. The van der Waals surface area contributed by atoms with Crippen LogP contribution in [-0.4, -0.2) is 61.6 Å². The fourth-order valence-corrected chi connectivity index (χ4v) is 2.03. The first-order chi connectivity index (χ1) is 7.67. The van der Waals surface area contributed by atoms with Gasteiger partial charge in [0, 0.05) is 32.7 Å². The minimum absolute atomic E-state index is 0.00636. The van der Waals surface area contributed by atoms with Gasteiger partial charge in [0.15, 0.2) is 0 Å². The average Bonchev–Trinajstić information content (AvgIpc) is 2.30. The number of carbonyl (C=O) groups is 1. The van der Waals surface area contributed by atoms with Crippen LogP contribution in [0.4, 0.5) is 0 Å². The molecule has 0 amide bonds. The minimum Gasteiger partial charge on any atom is -0.466 e. The average molecular weight is 228 g/mol. The standard InChI is InChI=1S/C12H24N2O2/c1-4-13-6-8-14(9-7-13)10-11(3)12(15)16-5-2/h11H,4-10H2,1-3H3. The summed E-state index contributed by atoms with van der Waals surface area (Å²) in [6.45, 7) is 12.8. The lowest BCUT2D eigenvalue weighted by atomic mass is 10.1. The van der Waals surface area contributed by atoms with Crippen LogP contribution in [0.3, 0.4) is 0 Å². The highest BCUT2D eigenvalue weighted by Crippen LogP contribution is 2.06. The predicted molar refractivity (Wildman–Crippen MR) is 64.4 cm³/mol. The van der Waals surface area contributed by atoms with Crippen molar-refractivity contribution in [1.82, 2.24) is 9.80 Å². The molecule has 1 atom stereocenters. The van der Waals surface area contributed by atoms with Crippen LogP contribution in [0.5, 0.6) is 0 Å². The number of hydrogen-bond donors (Lipinski definition) is 0. The Morgan fingerprint density at radius 1 is 1.19 bits per heavy atom. The third kappa shape index (κ3) is 4.10. The fraction of sp³-hybridized carbons (Fsp3) is 0.917. The van der Waals surface area contributed by atoms with Crippen molar-refractivity contribution in [1.29, 1.82) is 0 Å². The van der Waals surface area contributed by atoms with Gasteiger partial charge in [-0.2, -0.15) is 0 Å². The fourth-order valence-electron chi connectivity index (χ4n) is 2.03. The van der Waals surface area contributed by atoms with E-state index in [1.54, 1.807) is 0 Å². The van der Waals surface area contributed by atoms with E-state index in [2.05, 4.69) is 16.7 Å². The third-order valence-corrected chi connectivity index (χ3v) is 3.13. The monoisotopic (exact) mass is 228 g/mol. The van der Waals surface area contributed by atoms with E-state index in [1.807, 2.05) is 13.8 Å². The van der Waals surface area contributed by atoms with Crippen molar-refractivity contribution in [3.05, 3.63) is 0 Å². The summed E-state index contributed by atoms with van der Waals surface area (Å²) >= 11 is 0. The molecule has 0 radical (unpaired) electrons. The number of hydrogen-bond acceptors (Lipinski definition) is 4. The normalized spacial score (nSPS) is 20.7. The molecular weight excluding hydrogens is 204 g/mol. The van der Waals surface area contributed by atoms with Crippen LogP contribution in [0, 0.1) is 5.92 Å². The third-order valence-electron chi connectivity index (χ3n) is 3.13. The summed E-state index contributed by atoms with van der Waals surface area (Å²) in [5.41, 5.74) is 0. The smallest absolute Gasteiger partial charge is 0.309 e. The van der Waals surface area contributed by atoms with E-state index in [0.29, 0.717) is 6.61 Å². The molecule has 1 heterocycles. The second-order valence-corrected chi connectivity index (χ2v) is 4.39. The maximum absolute atomic E-state index is 11.5. The molecule has 4 heteroatoms. The summed E-state index contributed by atoms with van der Waals surface area (Å²) in [5.74, 6) is -0.0754. The lowest BCUT2D eigenvalue weighted by Crippen LogP contribution is -2.48. The molecule has 1 rings (SSSR count). The Balaban J connectivity index is 2.25. The van der Waals surface area contributed by atoms with Crippen LogP contribution in [0.1, 0.15) is 20.8 Å². The predicted octanol–water partition coefficient (Wildman–Crippen LogP) is 0.823. The van der Waals surface area contributed by atoms with Gasteiger partial charge in [-0.1, -0.05) is 13.8 Å². The zero-order valence-corrected chi connectivity index (χ0v) is 10.7. The molecule has 4 nitrogen and oxygen atoms in total. The number of esters is 1. The van der Waals surface area contributed by atoms with Crippen LogP contribution in [0.2, 0.25) is 0 Å². The van der Waals surface area contributed by atoms with Gasteiger partial charge in [0.1, 0.15) is 0 Å². The van der Waals surface area contributed by atoms with E-state index in [9.17, 15) is 4.79 Å². The number of nitrogens with zero attached hydrogens (tertiary/aromatic N) is 2. The first-order valence-corrected chi connectivity index (χ1v) is 6.28. The molecular formula is C12H24N2O2. The number of rotatable bonds is 5. The topological polar surface area (TPSA) is 32.8 Å². The van der Waals surface area contributed by atoms with Gasteiger partial charge in [0.2, 0.25) is 0 Å². The van der Waals surface area contributed by atoms with Gasteiger partial charge >= 0.3 is 5.97 Å². The Morgan fingerprint density at radius 3 is 2.25 bits per heavy atom. The van der Waals surface area contributed by atoms with Gasteiger partial charge in [-0.15, -0.1) is 0 Å². The van der Waals surface area contributed by atoms with E-state index in [-0.39, 0.29) is 11.9 Å². The first-order valence-electron chi connectivity index (χ1n) is 6.28. The molecule has 0 aromatic rings. The molecule has 0 saturated carbocycles. The van der Waals surface area contributed by atoms with Crippen LogP contribution in [0.15, 0.2) is 0 Å². The summed E-state index contributed by atoms with van der Waals surface area (Å²) in [4.78, 5) is 16.3. The Labute approximate surface area is 98.5 Å². The van der Waals surface area contributed by atoms with Gasteiger partial charge < -0.3 is 9.64 Å². The SMILES string of the molecule is CCOC(=O)C(C)CN1CCN(CC)CC1. The maximum Gasteiger partial charge on any atom is 0.309 e. The van der Waals surface area contributed by atoms with Crippen molar-refractivity contribution in [3.8, 4) is 0 Å². The van der Waals surface area contributed by atoms with Gasteiger partial charge in [0.05, 0.1) is 12.5 Å². The zero-order chi connectivity index (χ0) is 12.0. The molecule has 0 aromatic heterocycles. The van der Waals surface area contributed by atoms with Crippen molar-refractivity contribution in [2.24, 2.45) is 5.92 Å². The van der Waals surface area contributed by atoms with E-state index in [0.717, 1.165) is 39.3 Å². The Hall–Kier alpha value is -0.610. The van der Waals surface area contributed by atoms with E-state index in [4.69, 9.17) is 4.74 Å². The van der Waals surface area contributed by atoms with Crippen LogP contribution in [0.25, 0.3) is 0 Å². The van der Waals surface area contributed by atoms with Gasteiger partial charge in [-0.25, -0.2) is 0 Å². The largest absolute Gasteiger partial charge is 0.466 e. The molecule has 1 saturated heterocycles. The molecule has 0 aromatic carbocycles. The lowest BCUT2D eigenvalue weighted by Gasteiger charge is -2.34. The summed E-state index contributed by atoms with van der Waals surface area (Å²) < 4.78 is 5.01. The lowest BCUT2D eigenvalue weighted by molar-refractivity contribution is -0.148. The first kappa shape index (κ1) is 13.5. The van der Waals surface area contributed by atoms with Gasteiger partial charge in [-0.3, -0.25) is 9.69 Å². The molecule has 1 fully saturated rings. The van der Waals surface area contributed by atoms with Gasteiger partial charge in [-0.05, 0) is 13.5 Å². The van der Waals surface area contributed by atoms with E-state index in [1.165, 1.54) is 0 Å². The molecule has 1 unspecified atom stereocenters. The highest BCUT2D eigenvalue weighted by Gasteiger charge is 2.21. The Morgan fingerprint density at radius 2 is 1.75 bits per heavy atom. The zero-order valence-electron chi connectivity index (χ0n) is 10.7. The summed E-state index contributed by atoms with van der Waals surface area (Å²) in [6, 6.07) is 0. The minimum atomic E-state index is -0.0691. The molecule has 0 spiro atoms. The van der Waals surface area contributed by atoms with Gasteiger partial charge in [0.25, 0.3) is 0 Å². The number of ether oxygens (including phenoxy) is 1. The highest BCUT2D eigenvalue weighted by molar-refractivity contribution is 5.72. The molecule has 0 bridgehead atoms. The maximum atomic E-state index is 11.5. The highest BCUT2D eigenvalue weighted by atomic mass is 16.5. The van der Waals surface area contributed by atoms with Crippen LogP contribution < -0.4 is 0 Å². The molecule has 16 heavy (non-hydrogen) atoms. The van der Waals surface area contributed by atoms with Crippen LogP contribution >= 0.6 is 0 Å². The molecule has 0 aliphatic carbocycles. The Bertz CT molecular complexity index is 213. The van der Waals surface area contributed by atoms with E-state index < -0.39 is 0 Å². The molecule has 1 aliphatic heterocycles. The summed E-state index contributed by atoms with van der Waals surface area (Å²) in [6.07, 6.45) is 0. The number of piperazine rings is 1. The molecule has 1 aliphatic rings. The molecule has 0 N–H and O–H groups in total. The second-order valence-electron chi connectivity index (χ2n) is 4.39. The van der Waals surface area contributed by atoms with Crippen molar-refractivity contribution in [2.75, 3.05) is 45.9 Å². The van der Waals surface area contributed by atoms with Crippen molar-refractivity contribution in [3.63, 3.8) is 0 Å². The molecule has 94 valence electrons. The van der Waals surface area contributed by atoms with Crippen molar-refractivity contribution < 1.29 is 9.53 Å². The van der Waals surface area contributed by atoms with Crippen LogP contribution in [-0.2, 0) is 9.53 Å². The Kier molecular flexibility index (Phi) is 5.77. The van der Waals surface area contributed by atoms with Crippen molar-refractivity contribution >= 4 is 5.97 Å². The summed E-state index contributed by atoms with van der Waals surface area (Å²) in [5, 5.41) is 0. The number of carbonyl (C=O) groups excluding carboxylic acids is 1.